The monoisotopic (exact) mass is 297 g/mol. The molecule has 1 aliphatic rings. The summed E-state index contributed by atoms with van der Waals surface area (Å²) in [5.74, 6) is -1.21. The molecule has 21 heavy (non-hydrogen) atoms. The van der Waals surface area contributed by atoms with Gasteiger partial charge in [-0.3, -0.25) is 4.68 Å². The van der Waals surface area contributed by atoms with Gasteiger partial charge in [0.05, 0.1) is 17.1 Å². The van der Waals surface area contributed by atoms with Gasteiger partial charge in [0.15, 0.2) is 0 Å². The number of piperidine rings is 1. The summed E-state index contributed by atoms with van der Waals surface area (Å²) in [5.41, 5.74) is 2.01. The summed E-state index contributed by atoms with van der Waals surface area (Å²) in [4.78, 5) is 0. The summed E-state index contributed by atoms with van der Waals surface area (Å²) in [6.07, 6.45) is -2.68. The Morgan fingerprint density at radius 1 is 1.29 bits per heavy atom. The van der Waals surface area contributed by atoms with Crippen molar-refractivity contribution in [2.24, 2.45) is 13.0 Å². The van der Waals surface area contributed by atoms with Gasteiger partial charge in [-0.05, 0) is 18.9 Å². The molecule has 1 aromatic carbocycles. The third kappa shape index (κ3) is 2.90. The molecule has 0 amide bonds. The van der Waals surface area contributed by atoms with Crippen LogP contribution in [0.15, 0.2) is 24.3 Å². The molecule has 0 radical (unpaired) electrons. The molecule has 3 nitrogen and oxygen atoms in total. The van der Waals surface area contributed by atoms with E-state index >= 15 is 0 Å². The van der Waals surface area contributed by atoms with E-state index in [1.165, 1.54) is 0 Å². The number of halogens is 3. The Morgan fingerprint density at radius 2 is 2.05 bits per heavy atom. The van der Waals surface area contributed by atoms with E-state index in [1.54, 1.807) is 0 Å². The highest BCUT2D eigenvalue weighted by atomic mass is 19.4. The van der Waals surface area contributed by atoms with Gasteiger partial charge >= 0.3 is 6.18 Å². The summed E-state index contributed by atoms with van der Waals surface area (Å²) in [5, 5.41) is 8.62. The Hall–Kier alpha value is -1.56. The maximum Gasteiger partial charge on any atom is 0.393 e. The van der Waals surface area contributed by atoms with E-state index in [2.05, 4.69) is 10.4 Å². The van der Waals surface area contributed by atoms with Gasteiger partial charge in [-0.25, -0.2) is 0 Å². The van der Waals surface area contributed by atoms with Gasteiger partial charge in [-0.15, -0.1) is 0 Å². The molecule has 1 fully saturated rings. The minimum Gasteiger partial charge on any atom is -0.313 e. The second-order valence-corrected chi connectivity index (χ2v) is 5.71. The van der Waals surface area contributed by atoms with Crippen molar-refractivity contribution < 1.29 is 13.2 Å². The van der Waals surface area contributed by atoms with Gasteiger partial charge in [-0.2, -0.15) is 18.3 Å². The Kier molecular flexibility index (Phi) is 3.65. The zero-order chi connectivity index (χ0) is 15.0. The number of benzene rings is 1. The van der Waals surface area contributed by atoms with Crippen molar-refractivity contribution in [3.05, 3.63) is 30.0 Å². The first-order chi connectivity index (χ1) is 9.95. The SMILES string of the molecule is Cn1nc(CC2CCC(C(F)(F)F)CN2)c2ccccc21. The second-order valence-electron chi connectivity index (χ2n) is 5.71. The summed E-state index contributed by atoms with van der Waals surface area (Å²) in [6.45, 7) is 0.0128. The molecule has 6 heteroatoms. The number of hydrogen-bond donors (Lipinski definition) is 1. The maximum atomic E-state index is 12.7. The topological polar surface area (TPSA) is 29.9 Å². The molecule has 0 spiro atoms. The van der Waals surface area contributed by atoms with Crippen molar-refractivity contribution in [1.29, 1.82) is 0 Å². The van der Waals surface area contributed by atoms with Crippen LogP contribution in [0.3, 0.4) is 0 Å². The third-order valence-electron chi connectivity index (χ3n) is 4.25. The Labute approximate surface area is 121 Å². The van der Waals surface area contributed by atoms with E-state index in [-0.39, 0.29) is 19.0 Å². The molecule has 3 rings (SSSR count). The smallest absolute Gasteiger partial charge is 0.313 e. The minimum absolute atomic E-state index is 0.0128. The number of para-hydroxylation sites is 1. The van der Waals surface area contributed by atoms with E-state index in [4.69, 9.17) is 0 Å². The van der Waals surface area contributed by atoms with Crippen LogP contribution < -0.4 is 5.32 Å². The Bertz CT molecular complexity index is 625. The van der Waals surface area contributed by atoms with Crippen molar-refractivity contribution in [3.63, 3.8) is 0 Å². The van der Waals surface area contributed by atoms with E-state index in [0.717, 1.165) is 16.6 Å². The quantitative estimate of drug-likeness (QED) is 0.923. The summed E-state index contributed by atoms with van der Waals surface area (Å²) in [7, 11) is 1.89. The molecular weight excluding hydrogens is 279 g/mol. The lowest BCUT2D eigenvalue weighted by atomic mass is 9.91. The first-order valence-corrected chi connectivity index (χ1v) is 7.16. The van der Waals surface area contributed by atoms with Crippen LogP contribution in [0.2, 0.25) is 0 Å². The molecule has 1 saturated heterocycles. The molecule has 1 aromatic heterocycles. The molecule has 2 unspecified atom stereocenters. The molecule has 0 aliphatic carbocycles. The highest BCUT2D eigenvalue weighted by molar-refractivity contribution is 5.81. The fourth-order valence-corrected chi connectivity index (χ4v) is 3.04. The second kappa shape index (κ2) is 5.33. The summed E-state index contributed by atoms with van der Waals surface area (Å²) >= 11 is 0. The van der Waals surface area contributed by atoms with Crippen molar-refractivity contribution >= 4 is 10.9 Å². The largest absolute Gasteiger partial charge is 0.393 e. The van der Waals surface area contributed by atoms with E-state index < -0.39 is 12.1 Å². The normalized spacial score (nSPS) is 23.6. The van der Waals surface area contributed by atoms with Crippen molar-refractivity contribution in [1.82, 2.24) is 15.1 Å². The van der Waals surface area contributed by atoms with E-state index in [0.29, 0.717) is 12.8 Å². The van der Waals surface area contributed by atoms with Crippen LogP contribution in [0.4, 0.5) is 13.2 Å². The number of nitrogens with zero attached hydrogens (tertiary/aromatic N) is 2. The maximum absolute atomic E-state index is 12.7. The summed E-state index contributed by atoms with van der Waals surface area (Å²) in [6, 6.07) is 8.00. The average molecular weight is 297 g/mol. The van der Waals surface area contributed by atoms with Crippen LogP contribution in [0, 0.1) is 5.92 Å². The number of rotatable bonds is 2. The standard InChI is InChI=1S/C15H18F3N3/c1-21-14-5-3-2-4-12(14)13(20-21)8-11-7-6-10(9-19-11)15(16,17)18/h2-5,10-11,19H,6-9H2,1H3. The lowest BCUT2D eigenvalue weighted by Gasteiger charge is -2.30. The van der Waals surface area contributed by atoms with Crippen LogP contribution in [-0.4, -0.2) is 28.5 Å². The van der Waals surface area contributed by atoms with Gasteiger partial charge < -0.3 is 5.32 Å². The predicted molar refractivity (Wildman–Crippen MR) is 75.0 cm³/mol. The van der Waals surface area contributed by atoms with Gasteiger partial charge in [0.25, 0.3) is 0 Å². The van der Waals surface area contributed by atoms with Gasteiger partial charge in [-0.1, -0.05) is 18.2 Å². The highest BCUT2D eigenvalue weighted by Crippen LogP contribution is 2.32. The fourth-order valence-electron chi connectivity index (χ4n) is 3.04. The molecule has 0 bridgehead atoms. The van der Waals surface area contributed by atoms with E-state index in [1.807, 2.05) is 36.0 Å². The van der Waals surface area contributed by atoms with Crippen molar-refractivity contribution in [2.45, 2.75) is 31.5 Å². The van der Waals surface area contributed by atoms with Crippen molar-refractivity contribution in [3.8, 4) is 0 Å². The zero-order valence-corrected chi connectivity index (χ0v) is 11.8. The Morgan fingerprint density at radius 3 is 2.71 bits per heavy atom. The number of nitrogens with one attached hydrogen (secondary N) is 1. The Balaban J connectivity index is 1.70. The highest BCUT2D eigenvalue weighted by Gasteiger charge is 2.41. The van der Waals surface area contributed by atoms with Crippen molar-refractivity contribution in [2.75, 3.05) is 6.54 Å². The molecule has 114 valence electrons. The lowest BCUT2D eigenvalue weighted by molar-refractivity contribution is -0.179. The average Bonchev–Trinajstić information content (AvgIpc) is 2.76. The minimum atomic E-state index is -4.09. The summed E-state index contributed by atoms with van der Waals surface area (Å²) < 4.78 is 39.8. The number of fused-ring (bicyclic) bond motifs is 1. The van der Waals surface area contributed by atoms with Crippen LogP contribution in [-0.2, 0) is 13.5 Å². The fraction of sp³-hybridized carbons (Fsp3) is 0.533. The predicted octanol–water partition coefficient (Wildman–Crippen LogP) is 3.05. The number of alkyl halides is 3. The third-order valence-corrected chi connectivity index (χ3v) is 4.25. The zero-order valence-electron chi connectivity index (χ0n) is 11.8. The first-order valence-electron chi connectivity index (χ1n) is 7.16. The molecule has 1 aliphatic heterocycles. The molecule has 1 N–H and O–H groups in total. The molecule has 2 aromatic rings. The molecule has 2 atom stereocenters. The lowest BCUT2D eigenvalue weighted by Crippen LogP contribution is -2.45. The first kappa shape index (κ1) is 14.4. The number of aryl methyl sites for hydroxylation is 1. The van der Waals surface area contributed by atoms with E-state index in [9.17, 15) is 13.2 Å². The van der Waals surface area contributed by atoms with Crippen LogP contribution in [0.5, 0.6) is 0 Å². The van der Waals surface area contributed by atoms with Gasteiger partial charge in [0.1, 0.15) is 0 Å². The number of aromatic nitrogens is 2. The van der Waals surface area contributed by atoms with Gasteiger partial charge in [0.2, 0.25) is 0 Å². The molecule has 0 saturated carbocycles. The molecule has 2 heterocycles. The van der Waals surface area contributed by atoms with Crippen LogP contribution in [0.1, 0.15) is 18.5 Å². The van der Waals surface area contributed by atoms with Crippen LogP contribution in [0.25, 0.3) is 10.9 Å². The van der Waals surface area contributed by atoms with Crippen LogP contribution >= 0.6 is 0 Å². The molecular formula is C15H18F3N3. The number of hydrogen-bond acceptors (Lipinski definition) is 2. The van der Waals surface area contributed by atoms with Gasteiger partial charge in [0, 0.05) is 31.4 Å².